The normalized spacial score (nSPS) is 11.0. The van der Waals surface area contributed by atoms with Crippen molar-refractivity contribution >= 4 is 11.9 Å². The number of hydrogen-bond donors (Lipinski definition) is 0. The minimum Gasteiger partial charge on any atom is -0.462 e. The zero-order valence-corrected chi connectivity index (χ0v) is 14.5. The smallest absolute Gasteiger partial charge is 0.343 e. The Kier molecular flexibility index (Phi) is 5.39. The fourth-order valence-corrected chi connectivity index (χ4v) is 2.17. The number of hydrogen-bond acceptors (Lipinski definition) is 4. The van der Waals surface area contributed by atoms with Crippen molar-refractivity contribution in [1.29, 1.82) is 0 Å². The van der Waals surface area contributed by atoms with Crippen LogP contribution in [0.15, 0.2) is 48.5 Å². The number of carbonyl (C=O) groups is 2. The van der Waals surface area contributed by atoms with E-state index >= 15 is 0 Å². The lowest BCUT2D eigenvalue weighted by Crippen LogP contribution is -2.13. The quantitative estimate of drug-likeness (QED) is 0.618. The first-order chi connectivity index (χ1) is 11.3. The Morgan fingerprint density at radius 2 is 1.58 bits per heavy atom. The summed E-state index contributed by atoms with van der Waals surface area (Å²) >= 11 is 0. The van der Waals surface area contributed by atoms with Gasteiger partial charge in [-0.25, -0.2) is 9.59 Å². The standard InChI is InChI=1S/C20H22O4/c1-5-23-18(21)15-7-6-8-17(13-15)24-19(22)14-9-11-16(12-10-14)20(2,3)4/h6-13H,5H2,1-4H3. The Balaban J connectivity index is 2.12. The highest BCUT2D eigenvalue weighted by Crippen LogP contribution is 2.23. The van der Waals surface area contributed by atoms with Crippen LogP contribution in [0.5, 0.6) is 5.75 Å². The third kappa shape index (κ3) is 4.44. The molecular weight excluding hydrogens is 304 g/mol. The van der Waals surface area contributed by atoms with Crippen molar-refractivity contribution in [3.63, 3.8) is 0 Å². The van der Waals surface area contributed by atoms with E-state index in [9.17, 15) is 9.59 Å². The summed E-state index contributed by atoms with van der Waals surface area (Å²) in [6, 6.07) is 13.7. The Bertz CT molecular complexity index is 724. The number of esters is 2. The maximum atomic E-state index is 12.2. The molecule has 2 aromatic carbocycles. The molecule has 0 spiro atoms. The van der Waals surface area contributed by atoms with Crippen molar-refractivity contribution in [2.75, 3.05) is 6.61 Å². The van der Waals surface area contributed by atoms with Gasteiger partial charge >= 0.3 is 11.9 Å². The van der Waals surface area contributed by atoms with Crippen LogP contribution in [0, 0.1) is 0 Å². The molecule has 0 amide bonds. The first-order valence-corrected chi connectivity index (χ1v) is 7.91. The van der Waals surface area contributed by atoms with E-state index < -0.39 is 11.9 Å². The summed E-state index contributed by atoms with van der Waals surface area (Å²) in [4.78, 5) is 24.0. The molecule has 0 aliphatic rings. The summed E-state index contributed by atoms with van der Waals surface area (Å²) in [6.45, 7) is 8.37. The third-order valence-electron chi connectivity index (χ3n) is 3.54. The summed E-state index contributed by atoms with van der Waals surface area (Å²) in [5.41, 5.74) is 1.98. The Morgan fingerprint density at radius 3 is 2.17 bits per heavy atom. The van der Waals surface area contributed by atoms with Crippen LogP contribution in [0.4, 0.5) is 0 Å². The van der Waals surface area contributed by atoms with Crippen molar-refractivity contribution in [3.05, 3.63) is 65.2 Å². The average molecular weight is 326 g/mol. The molecule has 0 bridgehead atoms. The number of benzene rings is 2. The van der Waals surface area contributed by atoms with E-state index in [1.165, 1.54) is 6.07 Å². The van der Waals surface area contributed by atoms with Crippen LogP contribution < -0.4 is 4.74 Å². The van der Waals surface area contributed by atoms with E-state index in [1.54, 1.807) is 37.3 Å². The predicted octanol–water partition coefficient (Wildman–Crippen LogP) is 4.38. The summed E-state index contributed by atoms with van der Waals surface area (Å²) in [5.74, 6) is -0.591. The molecule has 4 nitrogen and oxygen atoms in total. The van der Waals surface area contributed by atoms with Gasteiger partial charge in [0.1, 0.15) is 5.75 Å². The average Bonchev–Trinajstić information content (AvgIpc) is 2.54. The lowest BCUT2D eigenvalue weighted by Gasteiger charge is -2.18. The Labute approximate surface area is 142 Å². The van der Waals surface area contributed by atoms with E-state index in [2.05, 4.69) is 20.8 Å². The van der Waals surface area contributed by atoms with Gasteiger partial charge in [-0.05, 0) is 48.2 Å². The summed E-state index contributed by atoms with van der Waals surface area (Å²) in [7, 11) is 0. The molecule has 0 saturated heterocycles. The molecule has 0 fully saturated rings. The van der Waals surface area contributed by atoms with Crippen LogP contribution >= 0.6 is 0 Å². The van der Waals surface area contributed by atoms with Gasteiger partial charge in [-0.3, -0.25) is 0 Å². The predicted molar refractivity (Wildman–Crippen MR) is 92.5 cm³/mol. The van der Waals surface area contributed by atoms with Crippen molar-refractivity contribution in [1.82, 2.24) is 0 Å². The van der Waals surface area contributed by atoms with E-state index in [0.29, 0.717) is 23.5 Å². The van der Waals surface area contributed by atoms with Crippen molar-refractivity contribution in [2.24, 2.45) is 0 Å². The lowest BCUT2D eigenvalue weighted by atomic mass is 9.87. The largest absolute Gasteiger partial charge is 0.462 e. The zero-order valence-electron chi connectivity index (χ0n) is 14.5. The Hall–Kier alpha value is -2.62. The molecular formula is C20H22O4. The first-order valence-electron chi connectivity index (χ1n) is 7.91. The van der Waals surface area contributed by atoms with Gasteiger partial charge in [0.2, 0.25) is 0 Å². The number of rotatable bonds is 4. The minimum absolute atomic E-state index is 0.0242. The van der Waals surface area contributed by atoms with E-state index in [0.717, 1.165) is 5.56 Å². The molecule has 0 heterocycles. The molecule has 2 rings (SSSR count). The highest BCUT2D eigenvalue weighted by atomic mass is 16.5. The van der Waals surface area contributed by atoms with Gasteiger partial charge < -0.3 is 9.47 Å². The van der Waals surface area contributed by atoms with Crippen LogP contribution in [0.1, 0.15) is 54.0 Å². The molecule has 126 valence electrons. The molecule has 0 aliphatic carbocycles. The molecule has 0 aromatic heterocycles. The van der Waals surface area contributed by atoms with Crippen molar-refractivity contribution in [3.8, 4) is 5.75 Å². The molecule has 0 aliphatic heterocycles. The zero-order chi connectivity index (χ0) is 17.7. The van der Waals surface area contributed by atoms with Crippen LogP contribution in [-0.2, 0) is 10.2 Å². The van der Waals surface area contributed by atoms with Gasteiger partial charge in [-0.2, -0.15) is 0 Å². The molecule has 0 atom stereocenters. The van der Waals surface area contributed by atoms with Crippen LogP contribution in [0.3, 0.4) is 0 Å². The lowest BCUT2D eigenvalue weighted by molar-refractivity contribution is 0.0524. The summed E-state index contributed by atoms with van der Waals surface area (Å²) in [5, 5.41) is 0. The number of carbonyl (C=O) groups excluding carboxylic acids is 2. The highest BCUT2D eigenvalue weighted by molar-refractivity contribution is 5.92. The van der Waals surface area contributed by atoms with Gasteiger partial charge in [-0.15, -0.1) is 0 Å². The molecule has 0 saturated carbocycles. The van der Waals surface area contributed by atoms with Gasteiger partial charge in [0.15, 0.2) is 0 Å². The second-order valence-electron chi connectivity index (χ2n) is 6.47. The van der Waals surface area contributed by atoms with Gasteiger partial charge in [0, 0.05) is 0 Å². The second-order valence-corrected chi connectivity index (χ2v) is 6.47. The molecule has 24 heavy (non-hydrogen) atoms. The van der Waals surface area contributed by atoms with Crippen molar-refractivity contribution < 1.29 is 19.1 Å². The fourth-order valence-electron chi connectivity index (χ4n) is 2.17. The maximum Gasteiger partial charge on any atom is 0.343 e. The minimum atomic E-state index is -0.462. The van der Waals surface area contributed by atoms with E-state index in [1.807, 2.05) is 12.1 Å². The van der Waals surface area contributed by atoms with Gasteiger partial charge in [0.25, 0.3) is 0 Å². The third-order valence-corrected chi connectivity index (χ3v) is 3.54. The SMILES string of the molecule is CCOC(=O)c1cccc(OC(=O)c2ccc(C(C)(C)C)cc2)c1. The maximum absolute atomic E-state index is 12.2. The molecule has 0 unspecified atom stereocenters. The van der Waals surface area contributed by atoms with E-state index in [4.69, 9.17) is 9.47 Å². The van der Waals surface area contributed by atoms with Crippen LogP contribution in [-0.4, -0.2) is 18.5 Å². The molecule has 2 aromatic rings. The monoisotopic (exact) mass is 326 g/mol. The fraction of sp³-hybridized carbons (Fsp3) is 0.300. The van der Waals surface area contributed by atoms with Crippen LogP contribution in [0.25, 0.3) is 0 Å². The summed E-state index contributed by atoms with van der Waals surface area (Å²) in [6.07, 6.45) is 0. The molecule has 0 N–H and O–H groups in total. The Morgan fingerprint density at radius 1 is 0.917 bits per heavy atom. The van der Waals surface area contributed by atoms with Gasteiger partial charge in [-0.1, -0.05) is 39.0 Å². The number of ether oxygens (including phenoxy) is 2. The molecule has 0 radical (unpaired) electrons. The highest BCUT2D eigenvalue weighted by Gasteiger charge is 2.15. The second kappa shape index (κ2) is 7.30. The van der Waals surface area contributed by atoms with E-state index in [-0.39, 0.29) is 5.41 Å². The van der Waals surface area contributed by atoms with Crippen molar-refractivity contribution in [2.45, 2.75) is 33.1 Å². The summed E-state index contributed by atoms with van der Waals surface area (Å²) < 4.78 is 10.3. The first kappa shape index (κ1) is 17.7. The topological polar surface area (TPSA) is 52.6 Å². The molecule has 4 heteroatoms. The van der Waals surface area contributed by atoms with Gasteiger partial charge in [0.05, 0.1) is 17.7 Å². The van der Waals surface area contributed by atoms with Crippen LogP contribution in [0.2, 0.25) is 0 Å².